The molecule has 0 N–H and O–H groups in total. The van der Waals surface area contributed by atoms with E-state index in [1.165, 1.54) is 6.08 Å². The van der Waals surface area contributed by atoms with Gasteiger partial charge in [0.2, 0.25) is 5.91 Å². The number of hydrogen-bond acceptors (Lipinski definition) is 4. The predicted octanol–water partition coefficient (Wildman–Crippen LogP) is 1.17. The molecule has 0 saturated carbocycles. The lowest BCUT2D eigenvalue weighted by molar-refractivity contribution is -0.125. The zero-order valence-electron chi connectivity index (χ0n) is 10.0. The summed E-state index contributed by atoms with van der Waals surface area (Å²) in [5, 5.41) is 0. The summed E-state index contributed by atoms with van der Waals surface area (Å²) in [4.78, 5) is 20.7. The van der Waals surface area contributed by atoms with E-state index >= 15 is 0 Å². The van der Waals surface area contributed by atoms with Crippen LogP contribution >= 0.6 is 0 Å². The van der Waals surface area contributed by atoms with Crippen LogP contribution in [0.4, 0.5) is 4.39 Å². The summed E-state index contributed by atoms with van der Waals surface area (Å²) in [5.41, 5.74) is 0. The second-order valence-corrected chi connectivity index (χ2v) is 4.00. The fourth-order valence-electron chi connectivity index (χ4n) is 1.78. The van der Waals surface area contributed by atoms with E-state index in [0.29, 0.717) is 13.1 Å². The van der Waals surface area contributed by atoms with Crippen LogP contribution in [0.1, 0.15) is 13.3 Å². The largest absolute Gasteiger partial charge is 0.458 e. The lowest BCUT2D eigenvalue weighted by atomic mass is 10.3. The molecular formula is C12H14FN3O2. The number of nitrogens with zero attached hydrogens (tertiary/aromatic N) is 3. The van der Waals surface area contributed by atoms with Crippen molar-refractivity contribution < 1.29 is 13.9 Å². The summed E-state index contributed by atoms with van der Waals surface area (Å²) >= 11 is 0. The number of amides is 1. The zero-order valence-corrected chi connectivity index (χ0v) is 10.0. The lowest BCUT2D eigenvalue weighted by Crippen LogP contribution is -2.29. The number of aromatic nitrogens is 2. The van der Waals surface area contributed by atoms with E-state index in [4.69, 9.17) is 4.74 Å². The molecule has 1 aromatic rings. The van der Waals surface area contributed by atoms with Crippen LogP contribution < -0.4 is 4.74 Å². The number of likely N-dealkylation sites (tertiary alicyclic amines) is 1. The molecule has 1 aliphatic rings. The van der Waals surface area contributed by atoms with E-state index in [2.05, 4.69) is 9.97 Å². The van der Waals surface area contributed by atoms with Gasteiger partial charge in [-0.1, -0.05) is 6.08 Å². The summed E-state index contributed by atoms with van der Waals surface area (Å²) in [6.45, 7) is 2.95. The third-order valence-corrected chi connectivity index (χ3v) is 2.63. The minimum absolute atomic E-state index is 0.0244. The highest BCUT2D eigenvalue weighted by Gasteiger charge is 2.26. The van der Waals surface area contributed by atoms with Crippen molar-refractivity contribution in [2.24, 2.45) is 0 Å². The van der Waals surface area contributed by atoms with Crippen LogP contribution in [0, 0.1) is 5.82 Å². The van der Waals surface area contributed by atoms with Gasteiger partial charge in [0.15, 0.2) is 5.82 Å². The summed E-state index contributed by atoms with van der Waals surface area (Å²) in [6.07, 6.45) is 5.94. The maximum absolute atomic E-state index is 12.6. The normalized spacial score (nSPS) is 19.4. The van der Waals surface area contributed by atoms with Crippen LogP contribution in [-0.4, -0.2) is 40.0 Å². The molecule has 1 saturated heterocycles. The van der Waals surface area contributed by atoms with Gasteiger partial charge in [0.1, 0.15) is 6.10 Å². The number of allylic oxidation sites excluding steroid dienone is 1. The summed E-state index contributed by atoms with van der Waals surface area (Å²) in [7, 11) is 0. The first-order valence-electron chi connectivity index (χ1n) is 5.75. The van der Waals surface area contributed by atoms with E-state index in [9.17, 15) is 9.18 Å². The van der Waals surface area contributed by atoms with Crippen molar-refractivity contribution in [2.75, 3.05) is 13.1 Å². The topological polar surface area (TPSA) is 55.3 Å². The molecule has 6 heteroatoms. The molecule has 1 aromatic heterocycles. The Balaban J connectivity index is 1.89. The van der Waals surface area contributed by atoms with Gasteiger partial charge in [-0.2, -0.15) is 0 Å². The smallest absolute Gasteiger partial charge is 0.316 e. The van der Waals surface area contributed by atoms with E-state index in [1.54, 1.807) is 17.9 Å². The molecule has 0 aliphatic carbocycles. The Kier molecular flexibility index (Phi) is 3.86. The Morgan fingerprint density at radius 2 is 2.28 bits per heavy atom. The van der Waals surface area contributed by atoms with Crippen molar-refractivity contribution >= 4 is 5.91 Å². The highest BCUT2D eigenvalue weighted by Crippen LogP contribution is 2.15. The summed E-state index contributed by atoms with van der Waals surface area (Å²) in [5.74, 6) is -0.526. The molecule has 5 nitrogen and oxygen atoms in total. The Labute approximate surface area is 104 Å². The highest BCUT2D eigenvalue weighted by atomic mass is 19.1. The number of ether oxygens (including phenoxy) is 1. The van der Waals surface area contributed by atoms with E-state index in [1.807, 2.05) is 0 Å². The molecule has 18 heavy (non-hydrogen) atoms. The van der Waals surface area contributed by atoms with Gasteiger partial charge in [0.05, 0.1) is 18.9 Å². The third kappa shape index (κ3) is 3.03. The van der Waals surface area contributed by atoms with Crippen molar-refractivity contribution in [1.82, 2.24) is 14.9 Å². The molecular weight excluding hydrogens is 237 g/mol. The van der Waals surface area contributed by atoms with E-state index in [0.717, 1.165) is 18.8 Å². The second-order valence-electron chi connectivity index (χ2n) is 4.00. The van der Waals surface area contributed by atoms with Crippen molar-refractivity contribution in [2.45, 2.75) is 19.4 Å². The molecule has 0 aromatic carbocycles. The van der Waals surface area contributed by atoms with Crippen molar-refractivity contribution in [3.63, 3.8) is 0 Å². The number of carbonyl (C=O) groups is 1. The molecule has 1 amide bonds. The Morgan fingerprint density at radius 3 is 2.94 bits per heavy atom. The minimum atomic E-state index is -0.501. The number of rotatable bonds is 3. The standard InChI is InChI=1S/C12H14FN3O2/c1-2-3-11(17)16-5-4-10(8-16)18-12-14-6-9(13)7-15-12/h2-3,6-7,10H,4-5,8H2,1H3. The molecule has 1 unspecified atom stereocenters. The predicted molar refractivity (Wildman–Crippen MR) is 62.4 cm³/mol. The molecule has 1 fully saturated rings. The average molecular weight is 251 g/mol. The average Bonchev–Trinajstić information content (AvgIpc) is 2.81. The van der Waals surface area contributed by atoms with Crippen LogP contribution in [0.3, 0.4) is 0 Å². The Morgan fingerprint density at radius 1 is 1.56 bits per heavy atom. The Bertz CT molecular complexity index is 447. The Hall–Kier alpha value is -1.98. The number of hydrogen-bond donors (Lipinski definition) is 0. The van der Waals surface area contributed by atoms with Gasteiger partial charge >= 0.3 is 6.01 Å². The lowest BCUT2D eigenvalue weighted by Gasteiger charge is -2.14. The van der Waals surface area contributed by atoms with Gasteiger partial charge in [-0.15, -0.1) is 0 Å². The van der Waals surface area contributed by atoms with Crippen molar-refractivity contribution in [3.05, 3.63) is 30.4 Å². The molecule has 96 valence electrons. The highest BCUT2D eigenvalue weighted by molar-refractivity contribution is 5.87. The second kappa shape index (κ2) is 5.57. The van der Waals surface area contributed by atoms with Gasteiger partial charge in [0.25, 0.3) is 0 Å². The first-order chi connectivity index (χ1) is 8.69. The SMILES string of the molecule is CC=CC(=O)N1CCC(Oc2ncc(F)cn2)C1. The van der Waals surface area contributed by atoms with E-state index in [-0.39, 0.29) is 18.0 Å². The van der Waals surface area contributed by atoms with Crippen LogP contribution in [0.5, 0.6) is 6.01 Å². The molecule has 2 rings (SSSR count). The van der Waals surface area contributed by atoms with Crippen molar-refractivity contribution in [3.8, 4) is 6.01 Å². The molecule has 0 radical (unpaired) electrons. The van der Waals surface area contributed by atoms with Crippen LogP contribution in [0.25, 0.3) is 0 Å². The van der Waals surface area contributed by atoms with Gasteiger partial charge in [-0.25, -0.2) is 14.4 Å². The minimum Gasteiger partial charge on any atom is -0.458 e. The number of halogens is 1. The first-order valence-corrected chi connectivity index (χ1v) is 5.75. The molecule has 0 bridgehead atoms. The van der Waals surface area contributed by atoms with Gasteiger partial charge in [0, 0.05) is 13.0 Å². The van der Waals surface area contributed by atoms with Gasteiger partial charge < -0.3 is 9.64 Å². The summed E-state index contributed by atoms with van der Waals surface area (Å²) in [6, 6.07) is 0.140. The zero-order chi connectivity index (χ0) is 13.0. The summed E-state index contributed by atoms with van der Waals surface area (Å²) < 4.78 is 18.1. The van der Waals surface area contributed by atoms with E-state index < -0.39 is 5.82 Å². The maximum atomic E-state index is 12.6. The van der Waals surface area contributed by atoms with Crippen molar-refractivity contribution in [1.29, 1.82) is 0 Å². The molecule has 0 spiro atoms. The fourth-order valence-corrected chi connectivity index (χ4v) is 1.78. The van der Waals surface area contributed by atoms with Crippen LogP contribution in [0.15, 0.2) is 24.5 Å². The van der Waals surface area contributed by atoms with Crippen LogP contribution in [-0.2, 0) is 4.79 Å². The number of carbonyl (C=O) groups excluding carboxylic acids is 1. The fraction of sp³-hybridized carbons (Fsp3) is 0.417. The van der Waals surface area contributed by atoms with Gasteiger partial charge in [-0.05, 0) is 13.0 Å². The van der Waals surface area contributed by atoms with Crippen LogP contribution in [0.2, 0.25) is 0 Å². The van der Waals surface area contributed by atoms with Gasteiger partial charge in [-0.3, -0.25) is 4.79 Å². The first kappa shape index (κ1) is 12.5. The monoisotopic (exact) mass is 251 g/mol. The maximum Gasteiger partial charge on any atom is 0.316 e. The quantitative estimate of drug-likeness (QED) is 0.757. The molecule has 1 atom stereocenters. The molecule has 1 aliphatic heterocycles. The molecule has 2 heterocycles. The third-order valence-electron chi connectivity index (χ3n) is 2.63.